The summed E-state index contributed by atoms with van der Waals surface area (Å²) in [5, 5.41) is 0.476. The second-order valence-electron chi connectivity index (χ2n) is 4.43. The number of nitrogens with zero attached hydrogens (tertiary/aromatic N) is 1. The maximum Gasteiger partial charge on any atom is 0.356 e. The van der Waals surface area contributed by atoms with Gasteiger partial charge >= 0.3 is 17.9 Å². The summed E-state index contributed by atoms with van der Waals surface area (Å²) in [5.74, 6) is -3.21. The van der Waals surface area contributed by atoms with Gasteiger partial charge in [-0.2, -0.15) is 0 Å². The molecule has 0 aromatic rings. The van der Waals surface area contributed by atoms with Gasteiger partial charge in [-0.1, -0.05) is 19.7 Å². The van der Waals surface area contributed by atoms with Crippen molar-refractivity contribution in [3.8, 4) is 0 Å². The van der Waals surface area contributed by atoms with E-state index in [0.29, 0.717) is 5.06 Å². The van der Waals surface area contributed by atoms with Crippen LogP contribution in [0.5, 0.6) is 0 Å². The number of esters is 2. The minimum absolute atomic E-state index is 0.100. The molecular weight excluding hydrogens is 306 g/mol. The van der Waals surface area contributed by atoms with Crippen LogP contribution < -0.4 is 0 Å². The lowest BCUT2D eigenvalue weighted by atomic mass is 10.3. The molecule has 0 saturated carbocycles. The van der Waals surface area contributed by atoms with Gasteiger partial charge in [-0.25, -0.2) is 14.4 Å². The van der Waals surface area contributed by atoms with E-state index in [1.807, 2.05) is 0 Å². The molecule has 124 valence electrons. The Morgan fingerprint density at radius 2 is 1.39 bits per heavy atom. The molecule has 8 heteroatoms. The van der Waals surface area contributed by atoms with Gasteiger partial charge in [0.25, 0.3) is 11.8 Å². The van der Waals surface area contributed by atoms with Crippen molar-refractivity contribution in [1.82, 2.24) is 5.06 Å². The zero-order valence-corrected chi connectivity index (χ0v) is 12.9. The van der Waals surface area contributed by atoms with Gasteiger partial charge in [0, 0.05) is 30.1 Å². The van der Waals surface area contributed by atoms with Crippen LogP contribution in [-0.4, -0.2) is 34.8 Å². The number of hydrogen-bond donors (Lipinski definition) is 0. The van der Waals surface area contributed by atoms with Crippen LogP contribution in [0.1, 0.15) is 26.7 Å². The summed E-state index contributed by atoms with van der Waals surface area (Å²) in [6.45, 7) is 12.7. The summed E-state index contributed by atoms with van der Waals surface area (Å²) < 4.78 is 4.30. The third kappa shape index (κ3) is 6.98. The van der Waals surface area contributed by atoms with Crippen LogP contribution in [-0.2, 0) is 33.5 Å². The first-order valence-electron chi connectivity index (χ1n) is 6.37. The van der Waals surface area contributed by atoms with E-state index < -0.39 is 29.7 Å². The molecule has 0 unspecified atom stereocenters. The number of imide groups is 1. The molecule has 2 amide bonds. The molecule has 0 radical (unpaired) electrons. The molecule has 0 aliphatic carbocycles. The zero-order chi connectivity index (χ0) is 18.2. The van der Waals surface area contributed by atoms with Crippen molar-refractivity contribution in [3.05, 3.63) is 37.0 Å². The first-order valence-corrected chi connectivity index (χ1v) is 6.37. The summed E-state index contributed by atoms with van der Waals surface area (Å²) in [4.78, 5) is 57.9. The number of amides is 2. The lowest BCUT2D eigenvalue weighted by Crippen LogP contribution is -2.31. The Bertz CT molecular complexity index is 549. The third-order valence-corrected chi connectivity index (χ3v) is 2.24. The first kappa shape index (κ1) is 20.0. The van der Waals surface area contributed by atoms with E-state index in [-0.39, 0.29) is 24.0 Å². The van der Waals surface area contributed by atoms with E-state index in [2.05, 4.69) is 29.3 Å². The molecule has 0 N–H and O–H groups in total. The van der Waals surface area contributed by atoms with Crippen molar-refractivity contribution >= 4 is 29.7 Å². The third-order valence-electron chi connectivity index (χ3n) is 2.24. The average molecular weight is 323 g/mol. The summed E-state index contributed by atoms with van der Waals surface area (Å²) in [6, 6.07) is 0. The van der Waals surface area contributed by atoms with Crippen LogP contribution >= 0.6 is 0 Å². The molecule has 1 fully saturated rings. The van der Waals surface area contributed by atoms with Crippen molar-refractivity contribution in [2.45, 2.75) is 26.7 Å². The van der Waals surface area contributed by atoms with Crippen molar-refractivity contribution in [1.29, 1.82) is 0 Å². The molecule has 1 rings (SSSR count). The van der Waals surface area contributed by atoms with E-state index in [4.69, 9.17) is 0 Å². The van der Waals surface area contributed by atoms with E-state index in [1.165, 1.54) is 13.8 Å². The fourth-order valence-corrected chi connectivity index (χ4v) is 1.04. The molecule has 0 aromatic heterocycles. The Hall–Kier alpha value is -3.03. The zero-order valence-electron chi connectivity index (χ0n) is 12.9. The first-order chi connectivity index (χ1) is 10.6. The summed E-state index contributed by atoms with van der Waals surface area (Å²) in [7, 11) is 0. The van der Waals surface area contributed by atoms with Gasteiger partial charge in [0.05, 0.1) is 0 Å². The molecular formula is C15H17NO7. The number of rotatable bonds is 4. The topological polar surface area (TPSA) is 107 Å². The normalized spacial score (nSPS) is 12.7. The predicted molar refractivity (Wildman–Crippen MR) is 78.1 cm³/mol. The molecule has 0 bridgehead atoms. The Kier molecular flexibility index (Phi) is 7.89. The van der Waals surface area contributed by atoms with Gasteiger partial charge in [0.15, 0.2) is 0 Å². The van der Waals surface area contributed by atoms with Crippen molar-refractivity contribution in [2.24, 2.45) is 0 Å². The molecule has 0 atom stereocenters. The number of hydroxylamine groups is 2. The van der Waals surface area contributed by atoms with Gasteiger partial charge < -0.3 is 9.57 Å². The second kappa shape index (κ2) is 9.08. The standard InChI is InChI=1S/C8H10O3.C7H7NO4/c1-5(2)7(9)11-8(10)6(3)4;1-2-7(11)12-8-5(9)3-4-6(8)10/h1,3H2,2,4H3;2H,1,3-4H2. The molecule has 0 aromatic carbocycles. The predicted octanol–water partition coefficient (Wildman–Crippen LogP) is 0.988. The lowest BCUT2D eigenvalue weighted by molar-refractivity contribution is -0.193. The smallest absolute Gasteiger partial charge is 0.356 e. The van der Waals surface area contributed by atoms with Crippen LogP contribution in [0.3, 0.4) is 0 Å². The molecule has 1 saturated heterocycles. The molecule has 0 spiro atoms. The van der Waals surface area contributed by atoms with E-state index in [9.17, 15) is 24.0 Å². The van der Waals surface area contributed by atoms with Crippen molar-refractivity contribution in [3.63, 3.8) is 0 Å². The fraction of sp³-hybridized carbons (Fsp3) is 0.267. The minimum atomic E-state index is -0.807. The molecule has 8 nitrogen and oxygen atoms in total. The van der Waals surface area contributed by atoms with Crippen LogP contribution in [0.25, 0.3) is 0 Å². The van der Waals surface area contributed by atoms with Gasteiger partial charge in [-0.3, -0.25) is 9.59 Å². The van der Waals surface area contributed by atoms with Gasteiger partial charge in [-0.15, -0.1) is 5.06 Å². The molecule has 23 heavy (non-hydrogen) atoms. The SMILES string of the molecule is C=C(C)C(=O)OC(=O)C(=C)C.C=CC(=O)ON1C(=O)CCC1=O. The Labute approximate surface area is 133 Å². The highest BCUT2D eigenvalue weighted by Crippen LogP contribution is 2.11. The quantitative estimate of drug-likeness (QED) is 0.328. The number of carbonyl (C=O) groups is 5. The second-order valence-corrected chi connectivity index (χ2v) is 4.43. The molecule has 1 aliphatic rings. The van der Waals surface area contributed by atoms with E-state index in [0.717, 1.165) is 6.08 Å². The van der Waals surface area contributed by atoms with Crippen LogP contribution in [0, 0.1) is 0 Å². The van der Waals surface area contributed by atoms with E-state index >= 15 is 0 Å². The summed E-state index contributed by atoms with van der Waals surface area (Å²) in [5.41, 5.74) is 0.388. The number of ether oxygens (including phenoxy) is 1. The van der Waals surface area contributed by atoms with Crippen LogP contribution in [0.4, 0.5) is 0 Å². The Morgan fingerprint density at radius 1 is 1.00 bits per heavy atom. The average Bonchev–Trinajstić information content (AvgIpc) is 2.79. The lowest BCUT2D eigenvalue weighted by Gasteiger charge is -2.09. The van der Waals surface area contributed by atoms with Crippen molar-refractivity contribution < 1.29 is 33.5 Å². The van der Waals surface area contributed by atoms with Crippen LogP contribution in [0.2, 0.25) is 0 Å². The fourth-order valence-electron chi connectivity index (χ4n) is 1.04. The van der Waals surface area contributed by atoms with Crippen LogP contribution in [0.15, 0.2) is 37.0 Å². The number of carbonyl (C=O) groups excluding carboxylic acids is 5. The van der Waals surface area contributed by atoms with E-state index in [1.54, 1.807) is 0 Å². The van der Waals surface area contributed by atoms with Crippen molar-refractivity contribution in [2.75, 3.05) is 0 Å². The monoisotopic (exact) mass is 323 g/mol. The highest BCUT2D eigenvalue weighted by Gasteiger charge is 2.32. The number of hydrogen-bond acceptors (Lipinski definition) is 7. The largest absolute Gasteiger partial charge is 0.386 e. The Morgan fingerprint density at radius 3 is 1.70 bits per heavy atom. The van der Waals surface area contributed by atoms with Gasteiger partial charge in [0.1, 0.15) is 0 Å². The van der Waals surface area contributed by atoms with Gasteiger partial charge in [0.2, 0.25) is 0 Å². The highest BCUT2D eigenvalue weighted by molar-refractivity contribution is 6.02. The van der Waals surface area contributed by atoms with Gasteiger partial charge in [-0.05, 0) is 13.8 Å². The minimum Gasteiger partial charge on any atom is -0.386 e. The molecule has 1 heterocycles. The molecule has 1 aliphatic heterocycles. The maximum absolute atomic E-state index is 10.8. The maximum atomic E-state index is 10.8. The Balaban J connectivity index is 0.000000423. The highest BCUT2D eigenvalue weighted by atomic mass is 16.7. The summed E-state index contributed by atoms with van der Waals surface area (Å²) >= 11 is 0. The summed E-state index contributed by atoms with van der Waals surface area (Å²) in [6.07, 6.45) is 1.09.